The molecule has 0 spiro atoms. The molecule has 2 fully saturated rings. The smallest absolute Gasteiger partial charge is 0.409 e. The Hall–Kier alpha value is -2.77. The number of nitrogens with zero attached hydrogens (tertiary/aromatic N) is 3. The van der Waals surface area contributed by atoms with E-state index in [0.717, 1.165) is 5.69 Å². The second-order valence-corrected chi connectivity index (χ2v) is 7.89. The number of hydrogen-bond acceptors (Lipinski definition) is 5. The second kappa shape index (κ2) is 9.15. The van der Waals surface area contributed by atoms with Gasteiger partial charge >= 0.3 is 6.09 Å². The van der Waals surface area contributed by atoms with Gasteiger partial charge in [0.2, 0.25) is 11.8 Å². The topological polar surface area (TPSA) is 79.4 Å². The lowest BCUT2D eigenvalue weighted by Crippen LogP contribution is -2.52. The van der Waals surface area contributed by atoms with Gasteiger partial charge < -0.3 is 24.2 Å². The van der Waals surface area contributed by atoms with Crippen molar-refractivity contribution in [2.24, 2.45) is 11.8 Å². The standard InChI is InChI=1S/C21H29N3O5/c1-15(2)14-29-21(27)23-9-7-22(8-10-23)20(26)16-11-19(25)24(13-16)17-5-4-6-18(12-17)28-3/h4-6,12,15-16H,7-11,13-14H2,1-3H3. The number of methoxy groups -OCH3 is 1. The number of ether oxygens (including phenoxy) is 2. The van der Waals surface area contributed by atoms with Gasteiger partial charge in [0.15, 0.2) is 0 Å². The molecule has 2 aliphatic rings. The lowest BCUT2D eigenvalue weighted by molar-refractivity contribution is -0.137. The van der Waals surface area contributed by atoms with Crippen LogP contribution in [0, 0.1) is 11.8 Å². The van der Waals surface area contributed by atoms with Gasteiger partial charge in [-0.2, -0.15) is 0 Å². The van der Waals surface area contributed by atoms with Gasteiger partial charge in [-0.25, -0.2) is 4.79 Å². The lowest BCUT2D eigenvalue weighted by atomic mass is 10.1. The molecule has 158 valence electrons. The van der Waals surface area contributed by atoms with Crippen LogP contribution >= 0.6 is 0 Å². The molecule has 2 heterocycles. The molecule has 1 aromatic rings. The number of rotatable bonds is 5. The van der Waals surface area contributed by atoms with Crippen molar-refractivity contribution in [1.82, 2.24) is 9.80 Å². The van der Waals surface area contributed by atoms with E-state index >= 15 is 0 Å². The van der Waals surface area contributed by atoms with Crippen LogP contribution in [0.3, 0.4) is 0 Å². The molecule has 8 nitrogen and oxygen atoms in total. The van der Waals surface area contributed by atoms with Crippen molar-refractivity contribution in [3.8, 4) is 5.75 Å². The highest BCUT2D eigenvalue weighted by atomic mass is 16.6. The summed E-state index contributed by atoms with van der Waals surface area (Å²) in [5.74, 6) is 0.499. The van der Waals surface area contributed by atoms with Crippen molar-refractivity contribution in [3.63, 3.8) is 0 Å². The maximum Gasteiger partial charge on any atom is 0.409 e. The zero-order valence-corrected chi connectivity index (χ0v) is 17.3. The van der Waals surface area contributed by atoms with Gasteiger partial charge in [0.25, 0.3) is 0 Å². The Morgan fingerprint density at radius 3 is 2.48 bits per heavy atom. The molecule has 0 N–H and O–H groups in total. The normalized spacial score (nSPS) is 19.7. The zero-order valence-electron chi connectivity index (χ0n) is 17.3. The number of piperazine rings is 1. The van der Waals surface area contributed by atoms with E-state index in [-0.39, 0.29) is 36.2 Å². The minimum atomic E-state index is -0.367. The molecule has 0 radical (unpaired) electrons. The first-order valence-corrected chi connectivity index (χ1v) is 10.0. The van der Waals surface area contributed by atoms with Crippen LogP contribution in [-0.4, -0.2) is 74.1 Å². The number of hydrogen-bond donors (Lipinski definition) is 0. The third-order valence-corrected chi connectivity index (χ3v) is 5.23. The molecule has 3 rings (SSSR count). The van der Waals surface area contributed by atoms with Crippen LogP contribution in [0.2, 0.25) is 0 Å². The Balaban J connectivity index is 1.54. The highest BCUT2D eigenvalue weighted by Gasteiger charge is 2.38. The fourth-order valence-corrected chi connectivity index (χ4v) is 3.60. The maximum absolute atomic E-state index is 12.9. The molecule has 0 bridgehead atoms. The number of carbonyl (C=O) groups excluding carboxylic acids is 3. The van der Waals surface area contributed by atoms with E-state index in [2.05, 4.69) is 0 Å². The first kappa shape index (κ1) is 21.0. The van der Waals surface area contributed by atoms with Gasteiger partial charge in [-0.3, -0.25) is 9.59 Å². The van der Waals surface area contributed by atoms with Crippen LogP contribution < -0.4 is 9.64 Å². The summed E-state index contributed by atoms with van der Waals surface area (Å²) < 4.78 is 10.5. The molecule has 0 aliphatic carbocycles. The molecule has 2 saturated heterocycles. The van der Waals surface area contributed by atoms with Crippen LogP contribution in [0.1, 0.15) is 20.3 Å². The summed E-state index contributed by atoms with van der Waals surface area (Å²) >= 11 is 0. The van der Waals surface area contributed by atoms with Crippen LogP contribution in [-0.2, 0) is 14.3 Å². The fraction of sp³-hybridized carbons (Fsp3) is 0.571. The van der Waals surface area contributed by atoms with E-state index in [1.54, 1.807) is 27.9 Å². The number of amides is 3. The Bertz CT molecular complexity index is 758. The van der Waals surface area contributed by atoms with E-state index in [0.29, 0.717) is 45.1 Å². The number of carbonyl (C=O) groups is 3. The Morgan fingerprint density at radius 1 is 1.14 bits per heavy atom. The van der Waals surface area contributed by atoms with Gasteiger partial charge in [0.05, 0.1) is 19.6 Å². The van der Waals surface area contributed by atoms with Crippen molar-refractivity contribution < 1.29 is 23.9 Å². The second-order valence-electron chi connectivity index (χ2n) is 7.89. The maximum atomic E-state index is 12.9. The van der Waals surface area contributed by atoms with Gasteiger partial charge in [-0.05, 0) is 18.1 Å². The predicted octanol–water partition coefficient (Wildman–Crippen LogP) is 1.98. The molecule has 1 unspecified atom stereocenters. The predicted molar refractivity (Wildman–Crippen MR) is 108 cm³/mol. The molecule has 1 atom stereocenters. The molecule has 29 heavy (non-hydrogen) atoms. The Kier molecular flexibility index (Phi) is 6.61. The van der Waals surface area contributed by atoms with Gasteiger partial charge in [-0.15, -0.1) is 0 Å². The summed E-state index contributed by atoms with van der Waals surface area (Å²) in [6.07, 6.45) is -0.127. The number of benzene rings is 1. The Morgan fingerprint density at radius 2 is 1.83 bits per heavy atom. The molecule has 3 amide bonds. The van der Waals surface area contributed by atoms with E-state index in [9.17, 15) is 14.4 Å². The molecule has 0 saturated carbocycles. The van der Waals surface area contributed by atoms with Crippen molar-refractivity contribution in [3.05, 3.63) is 24.3 Å². The van der Waals surface area contributed by atoms with E-state index in [1.807, 2.05) is 32.0 Å². The largest absolute Gasteiger partial charge is 0.497 e. The minimum absolute atomic E-state index is 0.0288. The summed E-state index contributed by atoms with van der Waals surface area (Å²) in [5.41, 5.74) is 0.738. The summed E-state index contributed by atoms with van der Waals surface area (Å²) in [4.78, 5) is 42.5. The molecular formula is C21H29N3O5. The summed E-state index contributed by atoms with van der Waals surface area (Å²) in [6, 6.07) is 7.29. The van der Waals surface area contributed by atoms with Crippen LogP contribution in [0.25, 0.3) is 0 Å². The monoisotopic (exact) mass is 403 g/mol. The molecule has 1 aromatic carbocycles. The quantitative estimate of drug-likeness (QED) is 0.751. The average molecular weight is 403 g/mol. The van der Waals surface area contributed by atoms with Crippen LogP contribution in [0.4, 0.5) is 10.5 Å². The summed E-state index contributed by atoms with van der Waals surface area (Å²) in [5, 5.41) is 0. The summed E-state index contributed by atoms with van der Waals surface area (Å²) in [6.45, 7) is 6.54. The fourth-order valence-electron chi connectivity index (χ4n) is 3.60. The van der Waals surface area contributed by atoms with E-state index < -0.39 is 0 Å². The highest BCUT2D eigenvalue weighted by molar-refractivity contribution is 6.00. The van der Waals surface area contributed by atoms with E-state index in [1.165, 1.54) is 0 Å². The minimum Gasteiger partial charge on any atom is -0.497 e. The van der Waals surface area contributed by atoms with Crippen LogP contribution in [0.15, 0.2) is 24.3 Å². The van der Waals surface area contributed by atoms with Gasteiger partial charge in [0.1, 0.15) is 5.75 Å². The highest BCUT2D eigenvalue weighted by Crippen LogP contribution is 2.29. The van der Waals surface area contributed by atoms with Gasteiger partial charge in [0, 0.05) is 50.9 Å². The number of anilines is 1. The molecule has 2 aliphatic heterocycles. The van der Waals surface area contributed by atoms with Crippen molar-refractivity contribution in [2.75, 3.05) is 51.3 Å². The van der Waals surface area contributed by atoms with E-state index in [4.69, 9.17) is 9.47 Å². The average Bonchev–Trinajstić information content (AvgIpc) is 3.13. The first-order chi connectivity index (χ1) is 13.9. The SMILES string of the molecule is COc1cccc(N2CC(C(=O)N3CCN(C(=O)OCC(C)C)CC3)CC2=O)c1. The third-order valence-electron chi connectivity index (χ3n) is 5.23. The van der Waals surface area contributed by atoms with Crippen molar-refractivity contribution in [1.29, 1.82) is 0 Å². The van der Waals surface area contributed by atoms with Crippen molar-refractivity contribution in [2.45, 2.75) is 20.3 Å². The van der Waals surface area contributed by atoms with Crippen LogP contribution in [0.5, 0.6) is 5.75 Å². The zero-order chi connectivity index (χ0) is 21.0. The third kappa shape index (κ3) is 4.99. The van der Waals surface area contributed by atoms with Crippen molar-refractivity contribution >= 4 is 23.6 Å². The summed E-state index contributed by atoms with van der Waals surface area (Å²) in [7, 11) is 1.58. The molecule has 8 heteroatoms. The molecule has 0 aromatic heterocycles. The Labute approximate surface area is 171 Å². The first-order valence-electron chi connectivity index (χ1n) is 10.0. The lowest BCUT2D eigenvalue weighted by Gasteiger charge is -2.35. The molecular weight excluding hydrogens is 374 g/mol. The van der Waals surface area contributed by atoms with Gasteiger partial charge in [-0.1, -0.05) is 19.9 Å².